The molecule has 0 unspecified atom stereocenters. The maximum Gasteiger partial charge on any atom is 0.240 e. The van der Waals surface area contributed by atoms with Gasteiger partial charge in [0, 0.05) is 26.7 Å². The van der Waals surface area contributed by atoms with Gasteiger partial charge in [-0.1, -0.05) is 0 Å². The molecule has 16 heavy (non-hydrogen) atoms. The van der Waals surface area contributed by atoms with E-state index in [0.717, 1.165) is 32.5 Å². The Kier molecular flexibility index (Phi) is 4.70. The third kappa shape index (κ3) is 3.43. The normalized spacial score (nSPS) is 19.8. The second kappa shape index (κ2) is 5.61. The number of piperidine rings is 1. The highest BCUT2D eigenvalue weighted by Gasteiger charge is 2.31. The number of hydrogen-bond donors (Lipinski definition) is 2. The van der Waals surface area contributed by atoms with E-state index in [9.17, 15) is 4.79 Å². The highest BCUT2D eigenvalue weighted by Crippen LogP contribution is 2.20. The summed E-state index contributed by atoms with van der Waals surface area (Å²) < 4.78 is 5.31. The Morgan fingerprint density at radius 3 is 2.50 bits per heavy atom. The maximum absolute atomic E-state index is 11.5. The molecular weight excluding hydrogens is 206 g/mol. The molecule has 94 valence electrons. The van der Waals surface area contributed by atoms with E-state index in [1.54, 1.807) is 7.11 Å². The van der Waals surface area contributed by atoms with Crippen LogP contribution in [-0.4, -0.2) is 43.7 Å². The monoisotopic (exact) mass is 229 g/mol. The molecule has 0 aromatic rings. The summed E-state index contributed by atoms with van der Waals surface area (Å²) in [5.74, 6) is 5.06. The van der Waals surface area contributed by atoms with Crippen molar-refractivity contribution in [2.45, 2.75) is 32.8 Å². The largest absolute Gasteiger partial charge is 0.381 e. The smallest absolute Gasteiger partial charge is 0.240 e. The van der Waals surface area contributed by atoms with Crippen molar-refractivity contribution in [1.82, 2.24) is 10.3 Å². The van der Waals surface area contributed by atoms with Crippen molar-refractivity contribution in [2.24, 2.45) is 11.3 Å². The van der Waals surface area contributed by atoms with Crippen molar-refractivity contribution in [3.63, 3.8) is 0 Å². The standard InChI is InChI=1S/C11H23N3O2/c1-11(2,10(15)13-12)8-14-6-4-9(16-3)5-7-14/h9H,4-8,12H2,1-3H3,(H,13,15). The van der Waals surface area contributed by atoms with Gasteiger partial charge in [-0.15, -0.1) is 0 Å². The number of carbonyl (C=O) groups is 1. The van der Waals surface area contributed by atoms with Crippen LogP contribution in [0, 0.1) is 5.41 Å². The number of ether oxygens (including phenoxy) is 1. The average molecular weight is 229 g/mol. The summed E-state index contributed by atoms with van der Waals surface area (Å²) >= 11 is 0. The Hall–Kier alpha value is -0.650. The highest BCUT2D eigenvalue weighted by molar-refractivity contribution is 5.81. The van der Waals surface area contributed by atoms with E-state index in [2.05, 4.69) is 10.3 Å². The summed E-state index contributed by atoms with van der Waals surface area (Å²) in [5.41, 5.74) is 1.79. The van der Waals surface area contributed by atoms with Gasteiger partial charge in [0.1, 0.15) is 0 Å². The van der Waals surface area contributed by atoms with E-state index >= 15 is 0 Å². The number of hydrogen-bond acceptors (Lipinski definition) is 4. The van der Waals surface area contributed by atoms with Gasteiger partial charge in [0.2, 0.25) is 5.91 Å². The first-order chi connectivity index (χ1) is 7.49. The molecular formula is C11H23N3O2. The Bertz CT molecular complexity index is 235. The van der Waals surface area contributed by atoms with Crippen LogP contribution in [0.25, 0.3) is 0 Å². The molecule has 0 radical (unpaired) electrons. The predicted octanol–water partition coefficient (Wildman–Crippen LogP) is 0.113. The Morgan fingerprint density at radius 1 is 1.50 bits per heavy atom. The summed E-state index contributed by atoms with van der Waals surface area (Å²) in [6, 6.07) is 0. The van der Waals surface area contributed by atoms with Crippen LogP contribution in [0.5, 0.6) is 0 Å². The van der Waals surface area contributed by atoms with Gasteiger partial charge >= 0.3 is 0 Å². The van der Waals surface area contributed by atoms with Gasteiger partial charge in [-0.25, -0.2) is 5.84 Å². The number of rotatable bonds is 4. The molecule has 5 nitrogen and oxygen atoms in total. The predicted molar refractivity (Wildman–Crippen MR) is 62.6 cm³/mol. The number of carbonyl (C=O) groups excluding carboxylic acids is 1. The Labute approximate surface area is 97.3 Å². The van der Waals surface area contributed by atoms with Gasteiger partial charge in [0.05, 0.1) is 11.5 Å². The van der Waals surface area contributed by atoms with Crippen LogP contribution < -0.4 is 11.3 Å². The zero-order valence-electron chi connectivity index (χ0n) is 10.5. The van der Waals surface area contributed by atoms with Crippen molar-refractivity contribution in [3.05, 3.63) is 0 Å². The summed E-state index contributed by atoms with van der Waals surface area (Å²) in [5, 5.41) is 0. The summed E-state index contributed by atoms with van der Waals surface area (Å²) in [6.45, 7) is 6.54. The van der Waals surface area contributed by atoms with Gasteiger partial charge in [0.15, 0.2) is 0 Å². The molecule has 1 aliphatic heterocycles. The first-order valence-corrected chi connectivity index (χ1v) is 5.76. The number of nitrogens with two attached hydrogens (primary N) is 1. The van der Waals surface area contributed by atoms with Gasteiger partial charge in [-0.2, -0.15) is 0 Å². The zero-order chi connectivity index (χ0) is 12.2. The summed E-state index contributed by atoms with van der Waals surface area (Å²) in [7, 11) is 1.76. The Morgan fingerprint density at radius 2 is 2.06 bits per heavy atom. The third-order valence-electron chi connectivity index (χ3n) is 3.23. The fourth-order valence-corrected chi connectivity index (χ4v) is 2.13. The number of nitrogens with one attached hydrogen (secondary N) is 1. The fourth-order valence-electron chi connectivity index (χ4n) is 2.13. The molecule has 1 aliphatic rings. The third-order valence-corrected chi connectivity index (χ3v) is 3.23. The fraction of sp³-hybridized carbons (Fsp3) is 0.909. The molecule has 1 heterocycles. The summed E-state index contributed by atoms with van der Waals surface area (Å²) in [6.07, 6.45) is 2.45. The molecule has 3 N–H and O–H groups in total. The van der Waals surface area contributed by atoms with Crippen LogP contribution in [-0.2, 0) is 9.53 Å². The van der Waals surface area contributed by atoms with Crippen molar-refractivity contribution in [1.29, 1.82) is 0 Å². The van der Waals surface area contributed by atoms with Crippen molar-refractivity contribution in [2.75, 3.05) is 26.7 Å². The molecule has 1 fully saturated rings. The van der Waals surface area contributed by atoms with Crippen LogP contribution in [0.4, 0.5) is 0 Å². The SMILES string of the molecule is COC1CCN(CC(C)(C)C(=O)NN)CC1. The average Bonchev–Trinajstić information content (AvgIpc) is 2.28. The molecule has 1 rings (SSSR count). The molecule has 1 amide bonds. The van der Waals surface area contributed by atoms with Crippen LogP contribution in [0.2, 0.25) is 0 Å². The number of hydrazine groups is 1. The minimum absolute atomic E-state index is 0.110. The minimum atomic E-state index is -0.436. The van der Waals surface area contributed by atoms with Gasteiger partial charge in [0.25, 0.3) is 0 Å². The van der Waals surface area contributed by atoms with Gasteiger partial charge < -0.3 is 9.64 Å². The van der Waals surface area contributed by atoms with Crippen molar-refractivity contribution >= 4 is 5.91 Å². The van der Waals surface area contributed by atoms with E-state index in [1.807, 2.05) is 13.8 Å². The van der Waals surface area contributed by atoms with Crippen LogP contribution in [0.3, 0.4) is 0 Å². The molecule has 5 heteroatoms. The van der Waals surface area contributed by atoms with Gasteiger partial charge in [-0.05, 0) is 26.7 Å². The van der Waals surface area contributed by atoms with Crippen molar-refractivity contribution < 1.29 is 9.53 Å². The topological polar surface area (TPSA) is 67.6 Å². The maximum atomic E-state index is 11.5. The number of likely N-dealkylation sites (tertiary alicyclic amines) is 1. The number of amides is 1. The lowest BCUT2D eigenvalue weighted by atomic mass is 9.91. The molecule has 0 aromatic carbocycles. The number of methoxy groups -OCH3 is 1. The highest BCUT2D eigenvalue weighted by atomic mass is 16.5. The molecule has 0 aliphatic carbocycles. The minimum Gasteiger partial charge on any atom is -0.381 e. The molecule has 0 aromatic heterocycles. The summed E-state index contributed by atoms with van der Waals surface area (Å²) in [4.78, 5) is 13.8. The van der Waals surface area contributed by atoms with Crippen LogP contribution in [0.15, 0.2) is 0 Å². The second-order valence-electron chi connectivity index (χ2n) is 5.07. The first kappa shape index (κ1) is 13.4. The zero-order valence-corrected chi connectivity index (χ0v) is 10.5. The molecule has 0 bridgehead atoms. The van der Waals surface area contributed by atoms with E-state index in [4.69, 9.17) is 10.6 Å². The second-order valence-corrected chi connectivity index (χ2v) is 5.07. The van der Waals surface area contributed by atoms with Gasteiger partial charge in [-0.3, -0.25) is 10.2 Å². The number of nitrogens with zero attached hydrogens (tertiary/aromatic N) is 1. The van der Waals surface area contributed by atoms with E-state index in [-0.39, 0.29) is 5.91 Å². The lowest BCUT2D eigenvalue weighted by Gasteiger charge is -2.35. The molecule has 0 atom stereocenters. The molecule has 0 spiro atoms. The van der Waals surface area contributed by atoms with E-state index in [1.165, 1.54) is 0 Å². The van der Waals surface area contributed by atoms with E-state index < -0.39 is 5.41 Å². The lowest BCUT2D eigenvalue weighted by molar-refractivity contribution is -0.130. The molecule has 1 saturated heterocycles. The van der Waals surface area contributed by atoms with Crippen LogP contribution in [0.1, 0.15) is 26.7 Å². The lowest BCUT2D eigenvalue weighted by Crippen LogP contribution is -2.49. The first-order valence-electron chi connectivity index (χ1n) is 5.76. The Balaban J connectivity index is 2.41. The molecule has 0 saturated carbocycles. The van der Waals surface area contributed by atoms with Crippen LogP contribution >= 0.6 is 0 Å². The van der Waals surface area contributed by atoms with Crippen molar-refractivity contribution in [3.8, 4) is 0 Å². The quantitative estimate of drug-likeness (QED) is 0.408. The van der Waals surface area contributed by atoms with E-state index in [0.29, 0.717) is 6.10 Å².